The Hall–Kier alpha value is -2.55. The first-order valence-electron chi connectivity index (χ1n) is 17.2. The molecule has 0 aromatic rings. The number of rotatable bonds is 15. The lowest BCUT2D eigenvalue weighted by molar-refractivity contribution is 0.211. The summed E-state index contributed by atoms with van der Waals surface area (Å²) in [6.45, 7) is 31.7. The zero-order valence-corrected chi connectivity index (χ0v) is 31.0. The Morgan fingerprint density at radius 3 is 1.82 bits per heavy atom. The number of halogens is 1. The van der Waals surface area contributed by atoms with Gasteiger partial charge in [-0.05, 0) is 165 Å². The smallest absolute Gasteiger partial charge is 0.128 e. The van der Waals surface area contributed by atoms with E-state index in [-0.39, 0.29) is 5.92 Å². The minimum atomic E-state index is 0.216. The molecule has 0 radical (unpaired) electrons. The molecule has 3 heteroatoms. The van der Waals surface area contributed by atoms with E-state index < -0.39 is 0 Å². The summed E-state index contributed by atoms with van der Waals surface area (Å²) in [4.78, 5) is 0. The summed E-state index contributed by atoms with van der Waals surface area (Å²) in [6, 6.07) is 0. The number of hydrogen-bond donors (Lipinski definition) is 0. The summed E-state index contributed by atoms with van der Waals surface area (Å²) in [5, 5.41) is 0. The Balaban J connectivity index is 4.14. The molecule has 44 heavy (non-hydrogen) atoms. The van der Waals surface area contributed by atoms with Crippen molar-refractivity contribution in [3.8, 4) is 0 Å². The maximum absolute atomic E-state index is 14.3. The molecular weight excluding hydrogens is 543 g/mol. The molecule has 1 fully saturated rings. The van der Waals surface area contributed by atoms with Crippen LogP contribution in [0, 0.1) is 5.92 Å². The average molecular weight is 609 g/mol. The maximum atomic E-state index is 14.3. The van der Waals surface area contributed by atoms with Gasteiger partial charge in [-0.2, -0.15) is 0 Å². The van der Waals surface area contributed by atoms with Crippen molar-refractivity contribution in [1.82, 2.24) is 0 Å². The Labute approximate surface area is 271 Å². The second-order valence-electron chi connectivity index (χ2n) is 12.8. The summed E-state index contributed by atoms with van der Waals surface area (Å²) >= 11 is 0. The molecule has 1 aliphatic carbocycles. The first-order valence-corrected chi connectivity index (χ1v) is 17.2. The van der Waals surface area contributed by atoms with E-state index in [1.54, 1.807) is 0 Å². The molecule has 1 atom stereocenters. The van der Waals surface area contributed by atoms with Gasteiger partial charge in [-0.15, -0.1) is 0 Å². The third kappa shape index (κ3) is 10.5. The van der Waals surface area contributed by atoms with Crippen LogP contribution in [0.3, 0.4) is 0 Å². The van der Waals surface area contributed by atoms with Gasteiger partial charge in [0.05, 0.1) is 19.5 Å². The molecule has 0 heterocycles. The highest BCUT2D eigenvalue weighted by Gasteiger charge is 2.25. The number of ether oxygens (including phenoxy) is 2. The van der Waals surface area contributed by atoms with E-state index in [1.165, 1.54) is 57.4 Å². The summed E-state index contributed by atoms with van der Waals surface area (Å²) in [5.74, 6) is 1.80. The number of hydrogen-bond acceptors (Lipinski definition) is 2. The molecule has 0 aromatic heterocycles. The Bertz CT molecular complexity index is 1230. The van der Waals surface area contributed by atoms with Crippen molar-refractivity contribution in [2.75, 3.05) is 13.2 Å². The molecular formula is C41H65FO2. The summed E-state index contributed by atoms with van der Waals surface area (Å²) in [7, 11) is 0. The van der Waals surface area contributed by atoms with E-state index in [1.807, 2.05) is 0 Å². The molecule has 0 aromatic carbocycles. The highest BCUT2D eigenvalue weighted by Crippen LogP contribution is 2.40. The third-order valence-corrected chi connectivity index (χ3v) is 9.43. The molecule has 0 aliphatic heterocycles. The molecule has 1 unspecified atom stereocenters. The van der Waals surface area contributed by atoms with Crippen LogP contribution >= 0.6 is 0 Å². The van der Waals surface area contributed by atoms with Crippen molar-refractivity contribution in [1.29, 1.82) is 0 Å². The van der Waals surface area contributed by atoms with Gasteiger partial charge in [-0.25, -0.2) is 4.39 Å². The SMILES string of the molecule is CCCOC(=C(C)\C(=C(OCC)\C(C)=C(C)\C(C)=C1/CCCC/C1=C(C)\C(C)=C\C(C)=C(C)C)C(C)CC)/C(=C/F)CCC. The van der Waals surface area contributed by atoms with E-state index in [9.17, 15) is 4.39 Å². The molecule has 0 amide bonds. The topological polar surface area (TPSA) is 18.5 Å². The molecule has 0 saturated heterocycles. The normalized spacial score (nSPS) is 19.4. The van der Waals surface area contributed by atoms with Gasteiger partial charge in [-0.3, -0.25) is 0 Å². The van der Waals surface area contributed by atoms with E-state index in [0.717, 1.165) is 60.9 Å². The van der Waals surface area contributed by atoms with Gasteiger partial charge in [-0.1, -0.05) is 51.3 Å². The summed E-state index contributed by atoms with van der Waals surface area (Å²) in [5.41, 5.74) is 14.9. The van der Waals surface area contributed by atoms with Crippen molar-refractivity contribution in [2.24, 2.45) is 5.92 Å². The highest BCUT2D eigenvalue weighted by molar-refractivity contribution is 5.55. The van der Waals surface area contributed by atoms with Gasteiger partial charge < -0.3 is 9.47 Å². The fourth-order valence-electron chi connectivity index (χ4n) is 5.98. The average Bonchev–Trinajstić information content (AvgIpc) is 3.02. The molecule has 2 nitrogen and oxygen atoms in total. The van der Waals surface area contributed by atoms with Crippen LogP contribution < -0.4 is 0 Å². The lowest BCUT2D eigenvalue weighted by atomic mass is 9.80. The van der Waals surface area contributed by atoms with Gasteiger partial charge in [0.15, 0.2) is 0 Å². The van der Waals surface area contributed by atoms with Crippen LogP contribution in [-0.2, 0) is 9.47 Å². The molecule has 0 bridgehead atoms. The zero-order chi connectivity index (χ0) is 33.6. The molecule has 1 aliphatic rings. The lowest BCUT2D eigenvalue weighted by Gasteiger charge is -2.27. The Kier molecular flexibility index (Phi) is 17.7. The first-order chi connectivity index (χ1) is 20.8. The Morgan fingerprint density at radius 1 is 0.750 bits per heavy atom. The van der Waals surface area contributed by atoms with Crippen molar-refractivity contribution in [2.45, 2.75) is 148 Å². The van der Waals surface area contributed by atoms with Gasteiger partial charge in [0, 0.05) is 11.1 Å². The summed E-state index contributed by atoms with van der Waals surface area (Å²) < 4.78 is 27.1. The van der Waals surface area contributed by atoms with Crippen molar-refractivity contribution in [3.05, 3.63) is 90.8 Å². The second kappa shape index (κ2) is 19.8. The minimum Gasteiger partial charge on any atom is -0.493 e. The fourth-order valence-corrected chi connectivity index (χ4v) is 5.98. The van der Waals surface area contributed by atoms with Crippen LogP contribution in [0.1, 0.15) is 148 Å². The van der Waals surface area contributed by atoms with Crippen molar-refractivity contribution in [3.63, 3.8) is 0 Å². The van der Waals surface area contributed by atoms with Crippen molar-refractivity contribution >= 4 is 0 Å². The lowest BCUT2D eigenvalue weighted by Crippen LogP contribution is -2.13. The van der Waals surface area contributed by atoms with Crippen LogP contribution in [0.15, 0.2) is 90.8 Å². The van der Waals surface area contributed by atoms with E-state index in [4.69, 9.17) is 9.47 Å². The molecule has 1 rings (SSSR count). The second-order valence-corrected chi connectivity index (χ2v) is 12.8. The fraction of sp³-hybridized carbons (Fsp3) is 0.610. The zero-order valence-electron chi connectivity index (χ0n) is 31.0. The van der Waals surface area contributed by atoms with Gasteiger partial charge in [0.25, 0.3) is 0 Å². The highest BCUT2D eigenvalue weighted by atomic mass is 19.1. The maximum Gasteiger partial charge on any atom is 0.128 e. The van der Waals surface area contributed by atoms with Gasteiger partial charge >= 0.3 is 0 Å². The molecule has 0 spiro atoms. The van der Waals surface area contributed by atoms with Crippen molar-refractivity contribution < 1.29 is 13.9 Å². The predicted molar refractivity (Wildman–Crippen MR) is 191 cm³/mol. The quantitative estimate of drug-likeness (QED) is 0.136. The van der Waals surface area contributed by atoms with Crippen LogP contribution in [0.4, 0.5) is 4.39 Å². The first kappa shape index (κ1) is 39.5. The van der Waals surface area contributed by atoms with Crippen LogP contribution in [0.5, 0.6) is 0 Å². The predicted octanol–water partition coefficient (Wildman–Crippen LogP) is 13.5. The largest absolute Gasteiger partial charge is 0.493 e. The van der Waals surface area contributed by atoms with E-state index in [2.05, 4.69) is 103 Å². The van der Waals surface area contributed by atoms with Gasteiger partial charge in [0.2, 0.25) is 0 Å². The molecule has 0 N–H and O–H groups in total. The van der Waals surface area contributed by atoms with E-state index >= 15 is 0 Å². The minimum absolute atomic E-state index is 0.216. The monoisotopic (exact) mass is 608 g/mol. The van der Waals surface area contributed by atoms with E-state index in [0.29, 0.717) is 31.0 Å². The third-order valence-electron chi connectivity index (χ3n) is 9.43. The standard InChI is InChI=1S/C41H65FO2/c1-15-21-36(26-42)40(44-24-16-2)35(14)39(28(7)17-3)41(43-18-4)34(13)32(11)33(12)38-23-20-19-22-37(38)31(10)30(9)25-29(8)27(5)6/h25-26,28H,15-24H2,1-14H3/b30-25+,34-32+,36-26+,37-31+,38-33+,40-35-,41-39-. The van der Waals surface area contributed by atoms with Crippen LogP contribution in [-0.4, -0.2) is 13.2 Å². The number of allylic oxidation sites excluding steroid dienone is 13. The summed E-state index contributed by atoms with van der Waals surface area (Å²) in [6.07, 6.45) is 11.0. The molecule has 248 valence electrons. The Morgan fingerprint density at radius 2 is 1.34 bits per heavy atom. The van der Waals surface area contributed by atoms with Crippen LogP contribution in [0.2, 0.25) is 0 Å². The van der Waals surface area contributed by atoms with Crippen LogP contribution in [0.25, 0.3) is 0 Å². The molecule has 1 saturated carbocycles. The van der Waals surface area contributed by atoms with Gasteiger partial charge in [0.1, 0.15) is 11.5 Å².